The van der Waals surface area contributed by atoms with E-state index in [1.165, 1.54) is 0 Å². The average Bonchev–Trinajstić information content (AvgIpc) is 3.42. The minimum atomic E-state index is 0.788. The van der Waals surface area contributed by atoms with Crippen molar-refractivity contribution in [2.75, 3.05) is 9.80 Å². The zero-order valence-corrected chi connectivity index (χ0v) is 37.3. The molecule has 0 N–H and O–H groups in total. The Labute approximate surface area is 400 Å². The fourth-order valence-electron chi connectivity index (χ4n) is 10.7. The van der Waals surface area contributed by atoms with E-state index in [9.17, 15) is 0 Å². The zero-order chi connectivity index (χ0) is 45.9. The number of hydrogen-bond donors (Lipinski definition) is 0. The van der Waals surface area contributed by atoms with Crippen molar-refractivity contribution in [2.45, 2.75) is 0 Å². The van der Waals surface area contributed by atoms with Gasteiger partial charge in [0.1, 0.15) is 0 Å². The van der Waals surface area contributed by atoms with E-state index in [1.54, 1.807) is 0 Å². The van der Waals surface area contributed by atoms with Crippen LogP contribution in [0.1, 0.15) is 0 Å². The molecule has 0 atom stereocenters. The Morgan fingerprint density at radius 2 is 0.657 bits per heavy atom. The number of aromatic nitrogens is 4. The maximum absolute atomic E-state index is 6.51. The summed E-state index contributed by atoms with van der Waals surface area (Å²) < 4.78 is 13.0. The molecule has 0 saturated heterocycles. The molecule has 13 aromatic rings. The molecule has 8 nitrogen and oxygen atoms in total. The lowest BCUT2D eigenvalue weighted by Crippen LogP contribution is -2.16. The lowest BCUT2D eigenvalue weighted by molar-refractivity contribution is 0.477. The number of pyridine rings is 4. The van der Waals surface area contributed by atoms with Gasteiger partial charge in [-0.25, -0.2) is 9.97 Å². The first-order valence-electron chi connectivity index (χ1n) is 23.4. The summed E-state index contributed by atoms with van der Waals surface area (Å²) in [5.41, 5.74) is 12.9. The number of hydrogen-bond acceptors (Lipinski definition) is 8. The fraction of sp³-hybridized carbons (Fsp3) is 0. The maximum atomic E-state index is 6.51. The van der Waals surface area contributed by atoms with Crippen LogP contribution in [0.3, 0.4) is 0 Å². The molecule has 0 saturated carbocycles. The molecule has 0 spiro atoms. The molecular weight excluding hydrogens is 861 g/mol. The molecule has 0 bridgehead atoms. The van der Waals surface area contributed by atoms with E-state index in [2.05, 4.69) is 155 Å². The summed E-state index contributed by atoms with van der Waals surface area (Å²) in [6.07, 6.45) is 3.69. The Bertz CT molecular complexity index is 3990. The summed E-state index contributed by atoms with van der Waals surface area (Å²) in [6.45, 7) is 0. The minimum absolute atomic E-state index is 0.788. The highest BCUT2D eigenvalue weighted by Gasteiger charge is 2.29. The molecule has 0 aliphatic carbocycles. The van der Waals surface area contributed by atoms with Gasteiger partial charge in [-0.2, -0.15) is 0 Å². The van der Waals surface area contributed by atoms with E-state index >= 15 is 0 Å². The van der Waals surface area contributed by atoms with Crippen molar-refractivity contribution in [3.8, 4) is 45.5 Å². The number of para-hydroxylation sites is 8. The smallest absolute Gasteiger partial charge is 0.151 e. The van der Waals surface area contributed by atoms with Gasteiger partial charge in [-0.1, -0.05) is 109 Å². The van der Waals surface area contributed by atoms with Crippen LogP contribution in [0.2, 0.25) is 0 Å². The number of anilines is 6. The van der Waals surface area contributed by atoms with E-state index in [-0.39, 0.29) is 0 Å². The van der Waals surface area contributed by atoms with Crippen LogP contribution < -0.4 is 19.3 Å². The summed E-state index contributed by atoms with van der Waals surface area (Å²) in [5, 5.41) is 8.22. The third kappa shape index (κ3) is 5.77. The SMILES string of the molecule is c1ccc2c(c1)Oc1ccccc1N2c1ccc2c(-c3ccc4ccc5cccnc5c4n3)c3cc(N4c5ccccc5Oc5ccccc54)ccc3c(-c3ccc4ccc5cccnc5c4n3)c2c1. The average molecular weight is 897 g/mol. The van der Waals surface area contributed by atoms with Crippen molar-refractivity contribution in [3.05, 3.63) is 219 Å². The summed E-state index contributed by atoms with van der Waals surface area (Å²) in [6, 6.07) is 71.8. The first-order valence-corrected chi connectivity index (χ1v) is 23.4. The Kier molecular flexibility index (Phi) is 8.20. The Hall–Kier alpha value is -9.66. The molecule has 0 amide bonds. The summed E-state index contributed by atoms with van der Waals surface area (Å²) in [4.78, 5) is 25.5. The molecule has 9 aromatic carbocycles. The molecule has 15 rings (SSSR count). The van der Waals surface area contributed by atoms with Gasteiger partial charge >= 0.3 is 0 Å². The van der Waals surface area contributed by atoms with E-state index in [0.29, 0.717) is 0 Å². The number of ether oxygens (including phenoxy) is 2. The van der Waals surface area contributed by atoms with Gasteiger partial charge in [-0.3, -0.25) is 9.97 Å². The van der Waals surface area contributed by atoms with Gasteiger partial charge in [0.05, 0.1) is 56.2 Å². The molecule has 2 aliphatic rings. The number of nitrogens with zero attached hydrogens (tertiary/aromatic N) is 6. The summed E-state index contributed by atoms with van der Waals surface area (Å²) >= 11 is 0. The van der Waals surface area contributed by atoms with Crippen LogP contribution in [-0.4, -0.2) is 19.9 Å². The standard InChI is InChI=1S/C62H36N6O2/c1-5-17-53-49(13-1)67(50-14-2-6-18-54(50)69-53)41-27-29-43-45(35-41)57(47-31-25-39-23-21-37-11-9-33-63-59(37)61(39)65-47)44-30-28-42(68-51-15-3-7-19-55(51)70-56-20-8-4-16-52(56)68)36-46(44)58(43)48-32-26-40-24-22-38-12-10-34-64-60(38)62(40)66-48/h1-36H. The lowest BCUT2D eigenvalue weighted by atomic mass is 9.87. The van der Waals surface area contributed by atoms with Gasteiger partial charge in [-0.05, 0) is 119 Å². The summed E-state index contributed by atoms with van der Waals surface area (Å²) in [5.74, 6) is 3.15. The highest BCUT2D eigenvalue weighted by atomic mass is 16.5. The molecular formula is C62H36N6O2. The minimum Gasteiger partial charge on any atom is -0.453 e. The number of fused-ring (bicyclic) bond motifs is 12. The third-order valence-corrected chi connectivity index (χ3v) is 13.8. The molecule has 0 fully saturated rings. The van der Waals surface area contributed by atoms with Crippen LogP contribution in [-0.2, 0) is 0 Å². The first-order chi connectivity index (χ1) is 34.7. The molecule has 4 aromatic heterocycles. The van der Waals surface area contributed by atoms with Crippen LogP contribution >= 0.6 is 0 Å². The van der Waals surface area contributed by atoms with Crippen molar-refractivity contribution >= 4 is 99.3 Å². The number of benzene rings is 9. The van der Waals surface area contributed by atoms with Gasteiger partial charge in [0, 0.05) is 56.4 Å². The Balaban J connectivity index is 1.08. The predicted octanol–water partition coefficient (Wildman–Crippen LogP) is 16.7. The van der Waals surface area contributed by atoms with Crippen molar-refractivity contribution in [2.24, 2.45) is 0 Å². The Morgan fingerprint density at radius 3 is 1.06 bits per heavy atom. The van der Waals surface area contributed by atoms with Crippen LogP contribution in [0.25, 0.3) is 87.7 Å². The van der Waals surface area contributed by atoms with Gasteiger partial charge < -0.3 is 19.3 Å². The van der Waals surface area contributed by atoms with Crippen LogP contribution in [0.4, 0.5) is 34.1 Å². The quantitative estimate of drug-likeness (QED) is 0.128. The molecule has 8 heteroatoms. The van der Waals surface area contributed by atoms with Crippen molar-refractivity contribution in [1.82, 2.24) is 19.9 Å². The van der Waals surface area contributed by atoms with Crippen LogP contribution in [0.5, 0.6) is 23.0 Å². The molecule has 70 heavy (non-hydrogen) atoms. The second-order valence-electron chi connectivity index (χ2n) is 17.8. The van der Waals surface area contributed by atoms with E-state index in [4.69, 9.17) is 29.4 Å². The number of rotatable bonds is 4. The van der Waals surface area contributed by atoms with Crippen LogP contribution in [0.15, 0.2) is 219 Å². The maximum Gasteiger partial charge on any atom is 0.151 e. The van der Waals surface area contributed by atoms with E-state index < -0.39 is 0 Å². The summed E-state index contributed by atoms with van der Waals surface area (Å²) in [7, 11) is 0. The third-order valence-electron chi connectivity index (χ3n) is 13.8. The predicted molar refractivity (Wildman–Crippen MR) is 283 cm³/mol. The van der Waals surface area contributed by atoms with E-state index in [1.807, 2.05) is 73.1 Å². The largest absolute Gasteiger partial charge is 0.453 e. The van der Waals surface area contributed by atoms with Crippen molar-refractivity contribution in [1.29, 1.82) is 0 Å². The van der Waals surface area contributed by atoms with Gasteiger partial charge in [-0.15, -0.1) is 0 Å². The second kappa shape index (κ2) is 14.9. The second-order valence-corrected chi connectivity index (χ2v) is 17.8. The van der Waals surface area contributed by atoms with Crippen LogP contribution in [0, 0.1) is 0 Å². The normalized spacial score (nSPS) is 12.7. The van der Waals surface area contributed by atoms with E-state index in [0.717, 1.165) is 145 Å². The highest BCUT2D eigenvalue weighted by molar-refractivity contribution is 6.23. The molecule has 326 valence electrons. The highest BCUT2D eigenvalue weighted by Crippen LogP contribution is 2.54. The molecule has 0 unspecified atom stereocenters. The van der Waals surface area contributed by atoms with Gasteiger partial charge in [0.2, 0.25) is 0 Å². The van der Waals surface area contributed by atoms with Crippen molar-refractivity contribution < 1.29 is 9.47 Å². The lowest BCUT2D eigenvalue weighted by Gasteiger charge is -2.33. The first kappa shape index (κ1) is 38.4. The topological polar surface area (TPSA) is 76.5 Å². The zero-order valence-electron chi connectivity index (χ0n) is 37.3. The van der Waals surface area contributed by atoms with Gasteiger partial charge in [0.15, 0.2) is 23.0 Å². The monoisotopic (exact) mass is 896 g/mol. The molecule has 2 aliphatic heterocycles. The molecule has 0 radical (unpaired) electrons. The van der Waals surface area contributed by atoms with Crippen molar-refractivity contribution in [3.63, 3.8) is 0 Å². The molecule has 6 heterocycles. The Morgan fingerprint density at radius 1 is 0.300 bits per heavy atom. The fourth-order valence-corrected chi connectivity index (χ4v) is 10.7. The van der Waals surface area contributed by atoms with Gasteiger partial charge in [0.25, 0.3) is 0 Å².